The minimum absolute atomic E-state index is 0.584. The third kappa shape index (κ3) is 3.53. The van der Waals surface area contributed by atoms with Crippen molar-refractivity contribution in [2.75, 3.05) is 0 Å². The van der Waals surface area contributed by atoms with E-state index in [4.69, 9.17) is 0 Å². The third-order valence-corrected chi connectivity index (χ3v) is 49.6. The number of allylic oxidation sites excluding steroid dienone is 2. The second kappa shape index (κ2) is 8.01. The van der Waals surface area contributed by atoms with E-state index in [0.717, 1.165) is 12.8 Å². The quantitative estimate of drug-likeness (QED) is 0.258. The molecule has 184 valence electrons. The van der Waals surface area contributed by atoms with Gasteiger partial charge in [0, 0.05) is 0 Å². The Labute approximate surface area is 205 Å². The van der Waals surface area contributed by atoms with Crippen molar-refractivity contribution in [2.24, 2.45) is 0 Å². The van der Waals surface area contributed by atoms with Crippen LogP contribution in [0.1, 0.15) is 95.7 Å². The fraction of sp³-hybridized carbons (Fsp3) is 0.500. The fourth-order valence-electron chi connectivity index (χ4n) is 9.43. The topological polar surface area (TPSA) is 0 Å². The molecular weight excluding hydrogens is 504 g/mol. The van der Waals surface area contributed by atoms with Crippen molar-refractivity contribution >= 4 is 19.0 Å². The molecule has 0 amide bonds. The molecule has 2 heteroatoms. The van der Waals surface area contributed by atoms with Gasteiger partial charge in [-0.1, -0.05) is 0 Å². The van der Waals surface area contributed by atoms with E-state index in [0.29, 0.717) is 7.25 Å². The normalized spacial score (nSPS) is 22.6. The zero-order valence-electron chi connectivity index (χ0n) is 22.8. The molecule has 0 nitrogen and oxygen atoms in total. The Morgan fingerprint density at radius 3 is 1.38 bits per heavy atom. The van der Waals surface area contributed by atoms with Crippen LogP contribution in [0, 0.1) is 0 Å². The molecule has 2 aliphatic rings. The number of unbranched alkanes of at least 4 members (excludes halogenated alkanes) is 2. The van der Waals surface area contributed by atoms with E-state index in [2.05, 4.69) is 105 Å². The molecule has 0 aromatic heterocycles. The van der Waals surface area contributed by atoms with Crippen molar-refractivity contribution in [1.29, 1.82) is 0 Å². The first-order valence-electron chi connectivity index (χ1n) is 14.1. The number of benzene rings is 2. The summed E-state index contributed by atoms with van der Waals surface area (Å²) in [4.78, 5) is 0. The first-order valence-corrected chi connectivity index (χ1v) is 31.3. The molecule has 34 heavy (non-hydrogen) atoms. The molecule has 2 aromatic rings. The van der Waals surface area contributed by atoms with Crippen molar-refractivity contribution in [1.82, 2.24) is 0 Å². The Morgan fingerprint density at radius 1 is 0.647 bits per heavy atom. The molecule has 0 heterocycles. The SMILES string of the molecule is CCC[CH2][Zr]([CH3])([CH3])(=[SiH2])([CH2]CCC)([CH]1C(CC)=Cc2ccccc21)[CH]1C(CC)=Cc2ccccc21. The average molecular weight is 552 g/mol. The molecule has 2 aromatic carbocycles. The third-order valence-electron chi connectivity index (χ3n) is 10.9. The summed E-state index contributed by atoms with van der Waals surface area (Å²) in [7, 11) is 0. The van der Waals surface area contributed by atoms with Gasteiger partial charge < -0.3 is 0 Å². The average Bonchev–Trinajstić information content (AvgIpc) is 3.42. The van der Waals surface area contributed by atoms with Gasteiger partial charge in [-0.05, 0) is 0 Å². The van der Waals surface area contributed by atoms with Gasteiger partial charge in [0.15, 0.2) is 0 Å². The van der Waals surface area contributed by atoms with E-state index in [1.54, 1.807) is 22.3 Å². The molecule has 0 N–H and O–H groups in total. The zero-order valence-corrected chi connectivity index (χ0v) is 26.7. The van der Waals surface area contributed by atoms with Gasteiger partial charge in [0.05, 0.1) is 0 Å². The van der Waals surface area contributed by atoms with Crippen molar-refractivity contribution in [3.8, 4) is 0 Å². The number of rotatable bonds is 10. The minimum atomic E-state index is -4.76. The molecule has 2 unspecified atom stereocenters. The summed E-state index contributed by atoms with van der Waals surface area (Å²) in [6.07, 6.45) is 12.8. The molecule has 0 saturated heterocycles. The van der Waals surface area contributed by atoms with E-state index in [-0.39, 0.29) is 0 Å². The van der Waals surface area contributed by atoms with Crippen molar-refractivity contribution in [3.63, 3.8) is 0 Å². The van der Waals surface area contributed by atoms with E-state index in [1.165, 1.54) is 45.1 Å². The first kappa shape index (κ1) is 26.1. The van der Waals surface area contributed by atoms with Crippen LogP contribution in [0.2, 0.25) is 17.5 Å². The van der Waals surface area contributed by atoms with E-state index >= 15 is 0 Å². The summed E-state index contributed by atoms with van der Waals surface area (Å²) in [5, 5.41) is 0. The van der Waals surface area contributed by atoms with Crippen LogP contribution in [-0.4, -0.2) is 6.88 Å². The summed E-state index contributed by atoms with van der Waals surface area (Å²) in [6, 6.07) is 18.9. The molecule has 4 rings (SSSR count). The predicted molar refractivity (Wildman–Crippen MR) is 155 cm³/mol. The first-order chi connectivity index (χ1) is 16.0. The molecule has 2 atom stereocenters. The number of hydrogen-bond donors (Lipinski definition) is 0. The standard InChI is InChI=1S/2C11H11.2C4H9.2CH3.H2Si.Zr/c2*1-2-9-7-10-5-3-4-6-11(10)8-9;2*1-3-4-2;;;;/h2*3-8H,2H2,1H3;2*1,3-4H2,2H3;2*1H3;1H2;. The van der Waals surface area contributed by atoms with E-state index in [1.807, 2.05) is 0 Å². The Morgan fingerprint density at radius 2 is 1.03 bits per heavy atom. The maximum atomic E-state index is 2.97. The molecule has 0 radical (unpaired) electrons. The Balaban J connectivity index is 2.20. The van der Waals surface area contributed by atoms with Crippen LogP contribution in [0.4, 0.5) is 0 Å². The monoisotopic (exact) mass is 550 g/mol. The van der Waals surface area contributed by atoms with Gasteiger partial charge in [0.2, 0.25) is 0 Å². The van der Waals surface area contributed by atoms with Crippen LogP contribution in [-0.2, 0) is 14.4 Å². The molecule has 2 aliphatic carbocycles. The van der Waals surface area contributed by atoms with Gasteiger partial charge in [-0.25, -0.2) is 0 Å². The van der Waals surface area contributed by atoms with Gasteiger partial charge >= 0.3 is 206 Å². The summed E-state index contributed by atoms with van der Waals surface area (Å²) in [5.41, 5.74) is 9.72. The second-order valence-electron chi connectivity index (χ2n) is 14.4. The molecule has 0 spiro atoms. The maximum absolute atomic E-state index is 4.76. The van der Waals surface area contributed by atoms with Crippen molar-refractivity contribution < 1.29 is 14.4 Å². The van der Waals surface area contributed by atoms with Crippen molar-refractivity contribution in [3.05, 3.63) is 81.9 Å². The van der Waals surface area contributed by atoms with E-state index in [9.17, 15) is 0 Å². The molecule has 0 saturated carbocycles. The molecule has 0 fully saturated rings. The van der Waals surface area contributed by atoms with Crippen LogP contribution in [0.5, 0.6) is 0 Å². The van der Waals surface area contributed by atoms with Gasteiger partial charge in [-0.3, -0.25) is 0 Å². The second-order valence-corrected chi connectivity index (χ2v) is 67.9. The van der Waals surface area contributed by atoms with Crippen LogP contribution >= 0.6 is 0 Å². The molecule has 0 bridgehead atoms. The predicted octanol–water partition coefficient (Wildman–Crippen LogP) is 9.93. The Bertz CT molecular complexity index is 1200. The molecular formula is C32H48SiZr. The summed E-state index contributed by atoms with van der Waals surface area (Å²) in [5.74, 6) is 0. The van der Waals surface area contributed by atoms with Gasteiger partial charge in [-0.2, -0.15) is 0 Å². The van der Waals surface area contributed by atoms with Gasteiger partial charge in [-0.15, -0.1) is 0 Å². The number of fused-ring (bicyclic) bond motifs is 2. The van der Waals surface area contributed by atoms with Gasteiger partial charge in [0.1, 0.15) is 0 Å². The van der Waals surface area contributed by atoms with Crippen LogP contribution in [0.15, 0.2) is 59.7 Å². The van der Waals surface area contributed by atoms with Crippen LogP contribution in [0.25, 0.3) is 12.2 Å². The van der Waals surface area contributed by atoms with Gasteiger partial charge in [0.25, 0.3) is 0 Å². The van der Waals surface area contributed by atoms with Crippen molar-refractivity contribution in [2.45, 2.75) is 91.0 Å². The summed E-state index contributed by atoms with van der Waals surface area (Å²) >= 11 is -4.76. The zero-order chi connectivity index (χ0) is 24.7. The van der Waals surface area contributed by atoms with Crippen LogP contribution in [0.3, 0.4) is 0 Å². The molecule has 0 aliphatic heterocycles. The van der Waals surface area contributed by atoms with Crippen LogP contribution < -0.4 is 0 Å². The van der Waals surface area contributed by atoms with E-state index < -0.39 is 14.4 Å². The number of hydrogen-bond acceptors (Lipinski definition) is 0. The summed E-state index contributed by atoms with van der Waals surface area (Å²) in [6.45, 7) is 12.3. The summed E-state index contributed by atoms with van der Waals surface area (Å²) < 4.78 is 9.93. The Hall–Kier alpha value is -0.980. The fourth-order valence-corrected chi connectivity index (χ4v) is 50.5. The Kier molecular flexibility index (Phi) is 6.15.